The van der Waals surface area contributed by atoms with Crippen LogP contribution in [-0.2, 0) is 30.3 Å². The molecule has 1 fully saturated rings. The van der Waals surface area contributed by atoms with Gasteiger partial charge in [0.25, 0.3) is 5.91 Å². The lowest BCUT2D eigenvalue weighted by Gasteiger charge is -2.48. The smallest absolute Gasteiger partial charge is 0.357 e. The van der Waals surface area contributed by atoms with Crippen LogP contribution >= 0.6 is 11.8 Å². The number of rotatable bonds is 4. The molecule has 2 amide bonds. The highest BCUT2D eigenvalue weighted by atomic mass is 32.2. The number of ether oxygens (including phenoxy) is 2. The molecule has 0 aromatic heterocycles. The first-order chi connectivity index (χ1) is 12.1. The number of β-lactam (4-membered cyclic amide) rings is 1. The molecule has 8 heteroatoms. The van der Waals surface area contributed by atoms with Crippen molar-refractivity contribution in [1.29, 1.82) is 0 Å². The molecular formula is C17H16N2O5S. The van der Waals surface area contributed by atoms with E-state index >= 15 is 0 Å². The van der Waals surface area contributed by atoms with Gasteiger partial charge < -0.3 is 14.8 Å². The second-order valence-electron chi connectivity index (χ2n) is 5.96. The molecule has 3 aliphatic rings. The first-order valence-corrected chi connectivity index (χ1v) is 8.90. The van der Waals surface area contributed by atoms with Crippen LogP contribution in [0.5, 0.6) is 0 Å². The van der Waals surface area contributed by atoms with E-state index < -0.39 is 18.3 Å². The van der Waals surface area contributed by atoms with E-state index in [0.29, 0.717) is 11.3 Å². The second-order valence-corrected chi connectivity index (χ2v) is 7.07. The van der Waals surface area contributed by atoms with E-state index in [1.54, 1.807) is 0 Å². The third kappa shape index (κ3) is 2.61. The summed E-state index contributed by atoms with van der Waals surface area (Å²) in [5.41, 5.74) is 1.83. The van der Waals surface area contributed by atoms with Crippen LogP contribution in [0.2, 0.25) is 0 Å². The molecule has 3 aliphatic heterocycles. The summed E-state index contributed by atoms with van der Waals surface area (Å²) in [6.45, 7) is 0. The van der Waals surface area contributed by atoms with Crippen LogP contribution in [0.4, 0.5) is 0 Å². The van der Waals surface area contributed by atoms with Gasteiger partial charge in [-0.25, -0.2) is 4.79 Å². The van der Waals surface area contributed by atoms with Crippen LogP contribution in [0.25, 0.3) is 0 Å². The SMILES string of the molecule is COC1OC(=O)C2=C1CSC1C(NC(=O)Cc3ccccc3)C(=O)N21. The van der Waals surface area contributed by atoms with Gasteiger partial charge in [-0.3, -0.25) is 14.5 Å². The van der Waals surface area contributed by atoms with Gasteiger partial charge >= 0.3 is 5.97 Å². The molecule has 7 nitrogen and oxygen atoms in total. The Hall–Kier alpha value is -2.32. The summed E-state index contributed by atoms with van der Waals surface area (Å²) >= 11 is 1.49. The Morgan fingerprint density at radius 2 is 2.12 bits per heavy atom. The Kier molecular flexibility index (Phi) is 4.01. The number of cyclic esters (lactones) is 1. The van der Waals surface area contributed by atoms with E-state index in [9.17, 15) is 14.4 Å². The minimum atomic E-state index is -0.726. The van der Waals surface area contributed by atoms with E-state index in [0.717, 1.165) is 5.56 Å². The third-order valence-corrected chi connectivity index (χ3v) is 5.73. The van der Waals surface area contributed by atoms with Crippen LogP contribution in [0.3, 0.4) is 0 Å². The fourth-order valence-electron chi connectivity index (χ4n) is 3.23. The van der Waals surface area contributed by atoms with E-state index in [1.165, 1.54) is 23.8 Å². The highest BCUT2D eigenvalue weighted by molar-refractivity contribution is 8.00. The van der Waals surface area contributed by atoms with Gasteiger partial charge in [0.15, 0.2) is 0 Å². The number of nitrogens with one attached hydrogen (secondary N) is 1. The Morgan fingerprint density at radius 1 is 1.36 bits per heavy atom. The lowest BCUT2D eigenvalue weighted by Crippen LogP contribution is -2.70. The van der Waals surface area contributed by atoms with Gasteiger partial charge in [0.2, 0.25) is 12.2 Å². The molecule has 4 rings (SSSR count). The molecule has 25 heavy (non-hydrogen) atoms. The molecule has 0 aliphatic carbocycles. The number of fused-ring (bicyclic) bond motifs is 2. The maximum atomic E-state index is 12.5. The lowest BCUT2D eigenvalue weighted by atomic mass is 10.0. The Bertz CT molecular complexity index is 779. The van der Waals surface area contributed by atoms with Gasteiger partial charge in [-0.05, 0) is 5.56 Å². The van der Waals surface area contributed by atoms with Gasteiger partial charge in [0, 0.05) is 18.4 Å². The van der Waals surface area contributed by atoms with E-state index in [4.69, 9.17) is 9.47 Å². The van der Waals surface area contributed by atoms with Crippen molar-refractivity contribution >= 4 is 29.5 Å². The van der Waals surface area contributed by atoms with Crippen molar-refractivity contribution in [2.75, 3.05) is 12.9 Å². The average Bonchev–Trinajstić information content (AvgIpc) is 2.95. The van der Waals surface area contributed by atoms with Crippen LogP contribution in [0, 0.1) is 0 Å². The topological polar surface area (TPSA) is 84.9 Å². The van der Waals surface area contributed by atoms with Crippen molar-refractivity contribution in [3.05, 3.63) is 47.2 Å². The minimum absolute atomic E-state index is 0.212. The summed E-state index contributed by atoms with van der Waals surface area (Å²) in [5, 5.41) is 2.49. The quantitative estimate of drug-likeness (QED) is 0.619. The van der Waals surface area contributed by atoms with Crippen molar-refractivity contribution in [2.24, 2.45) is 0 Å². The molecule has 1 saturated heterocycles. The van der Waals surface area contributed by atoms with Crippen molar-refractivity contribution in [3.8, 4) is 0 Å². The van der Waals surface area contributed by atoms with Crippen molar-refractivity contribution in [1.82, 2.24) is 10.2 Å². The number of thioether (sulfide) groups is 1. The minimum Gasteiger partial charge on any atom is -0.427 e. The Balaban J connectivity index is 1.45. The summed E-state index contributed by atoms with van der Waals surface area (Å²) < 4.78 is 10.3. The van der Waals surface area contributed by atoms with Gasteiger partial charge in [-0.15, -0.1) is 11.8 Å². The summed E-state index contributed by atoms with van der Waals surface area (Å²) in [4.78, 5) is 38.1. The van der Waals surface area contributed by atoms with Crippen LogP contribution in [0.15, 0.2) is 41.6 Å². The van der Waals surface area contributed by atoms with Crippen molar-refractivity contribution in [3.63, 3.8) is 0 Å². The summed E-state index contributed by atoms with van der Waals surface area (Å²) in [5.74, 6) is -0.526. The molecule has 0 spiro atoms. The van der Waals surface area contributed by atoms with E-state index in [-0.39, 0.29) is 29.3 Å². The van der Waals surface area contributed by atoms with Gasteiger partial charge in [-0.2, -0.15) is 0 Å². The molecule has 0 radical (unpaired) electrons. The maximum Gasteiger partial charge on any atom is 0.357 e. The predicted octanol–water partition coefficient (Wildman–Crippen LogP) is 0.412. The van der Waals surface area contributed by atoms with Crippen LogP contribution in [-0.4, -0.2) is 53.3 Å². The standard InChI is InChI=1S/C17H16N2O5S/c1-23-17-10-8-25-15-12(14(21)19(15)13(10)16(22)24-17)18-11(20)7-9-5-3-2-4-6-9/h2-6,12,15,17H,7-8H2,1H3,(H,18,20). The first-order valence-electron chi connectivity index (χ1n) is 7.85. The monoisotopic (exact) mass is 360 g/mol. The molecule has 0 saturated carbocycles. The zero-order chi connectivity index (χ0) is 17.6. The molecule has 1 aromatic rings. The number of esters is 1. The molecule has 1 aromatic carbocycles. The third-order valence-electron chi connectivity index (χ3n) is 4.43. The average molecular weight is 360 g/mol. The molecule has 3 unspecified atom stereocenters. The van der Waals surface area contributed by atoms with Gasteiger partial charge in [0.1, 0.15) is 17.1 Å². The van der Waals surface area contributed by atoms with Crippen LogP contribution in [0.1, 0.15) is 5.56 Å². The fourth-order valence-corrected chi connectivity index (χ4v) is 4.59. The summed E-state index contributed by atoms with van der Waals surface area (Å²) in [7, 11) is 1.45. The van der Waals surface area contributed by atoms with Crippen molar-refractivity contribution < 1.29 is 23.9 Å². The number of hydrogen-bond donors (Lipinski definition) is 1. The molecule has 0 bridgehead atoms. The largest absolute Gasteiger partial charge is 0.427 e. The number of amides is 2. The van der Waals surface area contributed by atoms with E-state index in [1.807, 2.05) is 30.3 Å². The number of benzene rings is 1. The number of carbonyl (C=O) groups is 3. The predicted molar refractivity (Wildman–Crippen MR) is 89.1 cm³/mol. The molecule has 130 valence electrons. The zero-order valence-electron chi connectivity index (χ0n) is 13.4. The summed E-state index contributed by atoms with van der Waals surface area (Å²) in [6.07, 6.45) is -0.514. The normalized spacial score (nSPS) is 27.4. The number of methoxy groups -OCH3 is 1. The number of hydrogen-bond acceptors (Lipinski definition) is 6. The highest BCUT2D eigenvalue weighted by Gasteiger charge is 2.57. The highest BCUT2D eigenvalue weighted by Crippen LogP contribution is 2.44. The number of carbonyl (C=O) groups excluding carboxylic acids is 3. The second kappa shape index (κ2) is 6.20. The Labute approximate surface area is 148 Å². The molecule has 3 heterocycles. The fraction of sp³-hybridized carbons (Fsp3) is 0.353. The molecule has 1 N–H and O–H groups in total. The summed E-state index contributed by atoms with van der Waals surface area (Å²) in [6, 6.07) is 8.71. The maximum absolute atomic E-state index is 12.5. The first kappa shape index (κ1) is 16.2. The van der Waals surface area contributed by atoms with Gasteiger partial charge in [-0.1, -0.05) is 30.3 Å². The van der Waals surface area contributed by atoms with Crippen LogP contribution < -0.4 is 5.32 Å². The Morgan fingerprint density at radius 3 is 2.84 bits per heavy atom. The van der Waals surface area contributed by atoms with Crippen molar-refractivity contribution in [2.45, 2.75) is 24.1 Å². The van der Waals surface area contributed by atoms with E-state index in [2.05, 4.69) is 5.32 Å². The number of nitrogens with zero attached hydrogens (tertiary/aromatic N) is 1. The van der Waals surface area contributed by atoms with Gasteiger partial charge in [0.05, 0.1) is 6.42 Å². The molecule has 3 atom stereocenters. The molecular weight excluding hydrogens is 344 g/mol. The lowest BCUT2D eigenvalue weighted by molar-refractivity contribution is -0.160. The zero-order valence-corrected chi connectivity index (χ0v) is 14.2.